The van der Waals surface area contributed by atoms with Crippen molar-refractivity contribution >= 4 is 11.9 Å². The molecule has 3 rings (SSSR count). The summed E-state index contributed by atoms with van der Waals surface area (Å²) in [7, 11) is 1.88. The van der Waals surface area contributed by atoms with Gasteiger partial charge in [0.25, 0.3) is 5.91 Å². The van der Waals surface area contributed by atoms with E-state index in [4.69, 9.17) is 9.90 Å². The van der Waals surface area contributed by atoms with Crippen molar-refractivity contribution in [3.8, 4) is 0 Å². The van der Waals surface area contributed by atoms with E-state index in [1.54, 1.807) is 6.20 Å². The first-order chi connectivity index (χ1) is 11.7. The van der Waals surface area contributed by atoms with Crippen LogP contribution in [-0.4, -0.2) is 50.2 Å². The molecule has 26 heavy (non-hydrogen) atoms. The van der Waals surface area contributed by atoms with Crippen LogP contribution in [0.5, 0.6) is 0 Å². The number of alkyl halides is 3. The Hall–Kier alpha value is -2.06. The highest BCUT2D eigenvalue weighted by molar-refractivity contribution is 5.91. The quantitative estimate of drug-likeness (QED) is 0.818. The molecule has 6 nitrogen and oxygen atoms in total. The summed E-state index contributed by atoms with van der Waals surface area (Å²) in [5.74, 6) is -2.10. The molecule has 1 aliphatic heterocycles. The van der Waals surface area contributed by atoms with E-state index in [-0.39, 0.29) is 11.3 Å². The van der Waals surface area contributed by atoms with E-state index in [0.29, 0.717) is 17.3 Å². The summed E-state index contributed by atoms with van der Waals surface area (Å²) in [4.78, 5) is 27.8. The molecular weight excluding hydrogens is 351 g/mol. The molecule has 1 saturated carbocycles. The Kier molecular flexibility index (Phi) is 5.13. The third-order valence-electron chi connectivity index (χ3n) is 4.93. The third kappa shape index (κ3) is 4.37. The molecule has 0 radical (unpaired) electrons. The van der Waals surface area contributed by atoms with Crippen molar-refractivity contribution in [2.75, 3.05) is 6.54 Å². The van der Waals surface area contributed by atoms with Crippen molar-refractivity contribution in [3.63, 3.8) is 0 Å². The van der Waals surface area contributed by atoms with E-state index in [0.717, 1.165) is 19.4 Å². The zero-order chi connectivity index (χ0) is 19.9. The van der Waals surface area contributed by atoms with Crippen molar-refractivity contribution < 1.29 is 27.9 Å². The van der Waals surface area contributed by atoms with E-state index in [1.165, 1.54) is 6.42 Å². The van der Waals surface area contributed by atoms with Gasteiger partial charge in [0.1, 0.15) is 0 Å². The molecule has 2 atom stereocenters. The second-order valence-corrected chi connectivity index (χ2v) is 8.31. The van der Waals surface area contributed by atoms with Gasteiger partial charge in [-0.25, -0.2) is 9.78 Å². The predicted octanol–water partition coefficient (Wildman–Crippen LogP) is 3.09. The SMILES string of the molecule is Cn1ccnc1C(=O)N1C[C@]2(C)C[C@H]1CC(C)(C)C2.O=C(O)C(F)(F)F. The second kappa shape index (κ2) is 6.59. The van der Waals surface area contributed by atoms with Crippen molar-refractivity contribution in [1.82, 2.24) is 14.5 Å². The number of nitrogens with zero attached hydrogens (tertiary/aromatic N) is 3. The molecule has 2 fully saturated rings. The molecule has 1 N–H and O–H groups in total. The van der Waals surface area contributed by atoms with E-state index in [2.05, 4.69) is 30.7 Å². The number of fused-ring (bicyclic) bond motifs is 2. The zero-order valence-corrected chi connectivity index (χ0v) is 15.3. The van der Waals surface area contributed by atoms with Crippen molar-refractivity contribution in [2.45, 2.75) is 52.3 Å². The van der Waals surface area contributed by atoms with Crippen LogP contribution in [0, 0.1) is 10.8 Å². The first kappa shape index (κ1) is 20.3. The number of aryl methyl sites for hydroxylation is 1. The average Bonchev–Trinajstić information content (AvgIpc) is 2.97. The maximum Gasteiger partial charge on any atom is 0.490 e. The summed E-state index contributed by atoms with van der Waals surface area (Å²) in [6, 6.07) is 0.387. The van der Waals surface area contributed by atoms with Crippen LogP contribution in [0.25, 0.3) is 0 Å². The number of hydrogen-bond acceptors (Lipinski definition) is 3. The number of rotatable bonds is 1. The second-order valence-electron chi connectivity index (χ2n) is 8.31. The Balaban J connectivity index is 0.000000298. The number of carboxylic acids is 1. The number of likely N-dealkylation sites (tertiary alicyclic amines) is 1. The Labute approximate surface area is 150 Å². The Morgan fingerprint density at radius 2 is 1.85 bits per heavy atom. The lowest BCUT2D eigenvalue weighted by Crippen LogP contribution is -2.38. The average molecular weight is 375 g/mol. The van der Waals surface area contributed by atoms with E-state index in [9.17, 15) is 18.0 Å². The molecule has 9 heteroatoms. The predicted molar refractivity (Wildman–Crippen MR) is 87.5 cm³/mol. The molecule has 0 spiro atoms. The fraction of sp³-hybridized carbons (Fsp3) is 0.706. The number of aromatic nitrogens is 2. The molecule has 1 aromatic heterocycles. The summed E-state index contributed by atoms with van der Waals surface area (Å²) < 4.78 is 33.6. The number of hydrogen-bond donors (Lipinski definition) is 1. The number of carbonyl (C=O) groups excluding carboxylic acids is 1. The number of halogens is 3. The van der Waals surface area contributed by atoms with Gasteiger partial charge in [-0.1, -0.05) is 20.8 Å². The third-order valence-corrected chi connectivity index (χ3v) is 4.93. The highest BCUT2D eigenvalue weighted by atomic mass is 19.4. The Bertz CT molecular complexity index is 699. The Morgan fingerprint density at radius 1 is 1.27 bits per heavy atom. The number of carboxylic acid groups (broad SMARTS) is 1. The molecular formula is C17H24F3N3O3. The maximum absolute atomic E-state index is 12.7. The summed E-state index contributed by atoms with van der Waals surface area (Å²) in [5, 5.41) is 7.12. The van der Waals surface area contributed by atoms with Gasteiger partial charge in [-0.2, -0.15) is 13.2 Å². The van der Waals surface area contributed by atoms with Crippen molar-refractivity contribution in [1.29, 1.82) is 0 Å². The molecule has 1 amide bonds. The van der Waals surface area contributed by atoms with Gasteiger partial charge in [0.05, 0.1) is 0 Å². The maximum atomic E-state index is 12.7. The zero-order valence-electron chi connectivity index (χ0n) is 15.3. The monoisotopic (exact) mass is 375 g/mol. The highest BCUT2D eigenvalue weighted by Crippen LogP contribution is 2.52. The standard InChI is InChI=1S/C15H23N3O.C2HF3O2/c1-14(2)7-11-8-15(3,9-14)10-18(11)13(19)12-16-5-6-17(12)4;3-2(4,5)1(6)7/h5-6,11H,7-10H2,1-4H3;(H,6,7)/t11-,15-;/m1./s1. The molecule has 1 aromatic rings. The topological polar surface area (TPSA) is 75.4 Å². The lowest BCUT2D eigenvalue weighted by Gasteiger charge is -2.39. The van der Waals surface area contributed by atoms with Crippen LogP contribution in [0.3, 0.4) is 0 Å². The van der Waals surface area contributed by atoms with Crippen LogP contribution in [0.15, 0.2) is 12.4 Å². The van der Waals surface area contributed by atoms with Crippen LogP contribution in [0.1, 0.15) is 50.7 Å². The normalized spacial score (nSPS) is 26.9. The first-order valence-corrected chi connectivity index (χ1v) is 8.33. The lowest BCUT2D eigenvalue weighted by atomic mass is 9.65. The molecule has 2 heterocycles. The summed E-state index contributed by atoms with van der Waals surface area (Å²) >= 11 is 0. The highest BCUT2D eigenvalue weighted by Gasteiger charge is 2.51. The molecule has 2 bridgehead atoms. The van der Waals surface area contributed by atoms with Gasteiger partial charge >= 0.3 is 12.1 Å². The molecule has 0 aromatic carbocycles. The van der Waals surface area contributed by atoms with Gasteiger partial charge in [-0.3, -0.25) is 4.79 Å². The fourth-order valence-electron chi connectivity index (χ4n) is 4.40. The van der Waals surface area contributed by atoms with Crippen LogP contribution in [0.4, 0.5) is 13.2 Å². The van der Waals surface area contributed by atoms with Crippen LogP contribution in [-0.2, 0) is 11.8 Å². The van der Waals surface area contributed by atoms with Gasteiger partial charge < -0.3 is 14.6 Å². The summed E-state index contributed by atoms with van der Waals surface area (Å²) in [6.07, 6.45) is 1.91. The van der Waals surface area contributed by atoms with Crippen LogP contribution >= 0.6 is 0 Å². The molecule has 146 valence electrons. The van der Waals surface area contributed by atoms with E-state index < -0.39 is 12.1 Å². The number of imidazole rings is 1. The molecule has 1 aliphatic carbocycles. The fourth-order valence-corrected chi connectivity index (χ4v) is 4.40. The number of carbonyl (C=O) groups is 2. The Morgan fingerprint density at radius 3 is 2.31 bits per heavy atom. The van der Waals surface area contributed by atoms with E-state index >= 15 is 0 Å². The molecule has 2 aliphatic rings. The minimum atomic E-state index is -5.08. The first-order valence-electron chi connectivity index (χ1n) is 8.33. The van der Waals surface area contributed by atoms with Gasteiger partial charge in [-0.15, -0.1) is 0 Å². The van der Waals surface area contributed by atoms with E-state index in [1.807, 2.05) is 17.8 Å². The summed E-state index contributed by atoms with van der Waals surface area (Å²) in [5.41, 5.74) is 0.627. The van der Waals surface area contributed by atoms with Gasteiger partial charge in [0.15, 0.2) is 5.82 Å². The minimum absolute atomic E-state index is 0.0962. The van der Waals surface area contributed by atoms with Gasteiger partial charge in [0.2, 0.25) is 0 Å². The number of amides is 1. The largest absolute Gasteiger partial charge is 0.490 e. The van der Waals surface area contributed by atoms with Crippen molar-refractivity contribution in [2.24, 2.45) is 17.9 Å². The van der Waals surface area contributed by atoms with Gasteiger partial charge in [0, 0.05) is 32.0 Å². The lowest BCUT2D eigenvalue weighted by molar-refractivity contribution is -0.192. The van der Waals surface area contributed by atoms with Crippen LogP contribution in [0.2, 0.25) is 0 Å². The molecule has 1 saturated heterocycles. The minimum Gasteiger partial charge on any atom is -0.475 e. The molecule has 0 unspecified atom stereocenters. The van der Waals surface area contributed by atoms with Crippen molar-refractivity contribution in [3.05, 3.63) is 18.2 Å². The number of aliphatic carboxylic acids is 1. The van der Waals surface area contributed by atoms with Gasteiger partial charge in [-0.05, 0) is 30.1 Å². The summed E-state index contributed by atoms with van der Waals surface area (Å²) in [6.45, 7) is 7.86. The van der Waals surface area contributed by atoms with Crippen LogP contribution < -0.4 is 0 Å². The smallest absolute Gasteiger partial charge is 0.475 e.